The largest absolute Gasteiger partial charge is 0.496 e. The first kappa shape index (κ1) is 13.4. The van der Waals surface area contributed by atoms with Gasteiger partial charge in [0.2, 0.25) is 0 Å². The second kappa shape index (κ2) is 6.21. The van der Waals surface area contributed by atoms with Crippen molar-refractivity contribution in [2.24, 2.45) is 5.92 Å². The van der Waals surface area contributed by atoms with Gasteiger partial charge in [0.05, 0.1) is 13.2 Å². The number of methoxy groups -OCH3 is 1. The van der Waals surface area contributed by atoms with E-state index < -0.39 is 0 Å². The highest BCUT2D eigenvalue weighted by Gasteiger charge is 2.23. The van der Waals surface area contributed by atoms with Crippen LogP contribution in [0.15, 0.2) is 18.2 Å². The fourth-order valence-corrected chi connectivity index (χ4v) is 2.56. The lowest BCUT2D eigenvalue weighted by atomic mass is 9.89. The molecule has 0 spiro atoms. The van der Waals surface area contributed by atoms with E-state index in [1.807, 2.05) is 12.1 Å². The molecule has 0 aromatic heterocycles. The number of rotatable bonds is 4. The van der Waals surface area contributed by atoms with Gasteiger partial charge in [0.25, 0.3) is 0 Å². The summed E-state index contributed by atoms with van der Waals surface area (Å²) in [4.78, 5) is 0. The van der Waals surface area contributed by atoms with Crippen molar-refractivity contribution < 1.29 is 14.6 Å². The Morgan fingerprint density at radius 1 is 1.39 bits per heavy atom. The highest BCUT2D eigenvalue weighted by Crippen LogP contribution is 2.26. The summed E-state index contributed by atoms with van der Waals surface area (Å²) in [5.74, 6) is 1.22. The van der Waals surface area contributed by atoms with Crippen molar-refractivity contribution in [1.82, 2.24) is 0 Å². The Balaban J connectivity index is 2.05. The molecule has 18 heavy (non-hydrogen) atoms. The summed E-state index contributed by atoms with van der Waals surface area (Å²) in [6.07, 6.45) is 2.27. The van der Waals surface area contributed by atoms with Crippen LogP contribution in [0.3, 0.4) is 0 Å². The van der Waals surface area contributed by atoms with Crippen molar-refractivity contribution in [3.63, 3.8) is 0 Å². The third kappa shape index (κ3) is 3.24. The maximum atomic E-state index is 10.3. The molecule has 1 atom stereocenters. The van der Waals surface area contributed by atoms with Crippen LogP contribution >= 0.6 is 0 Å². The van der Waals surface area contributed by atoms with E-state index in [4.69, 9.17) is 9.47 Å². The molecule has 1 fully saturated rings. The molecular weight excluding hydrogens is 228 g/mol. The zero-order valence-electron chi connectivity index (χ0n) is 11.2. The lowest BCUT2D eigenvalue weighted by molar-refractivity contribution is 0.00822. The second-order valence-electron chi connectivity index (χ2n) is 5.04. The molecule has 1 aliphatic rings. The fraction of sp³-hybridized carbons (Fsp3) is 0.600. The quantitative estimate of drug-likeness (QED) is 0.891. The minimum atomic E-state index is -0.301. The molecule has 0 aliphatic carbocycles. The maximum Gasteiger partial charge on any atom is 0.122 e. The van der Waals surface area contributed by atoms with Crippen molar-refractivity contribution in [1.29, 1.82) is 0 Å². The molecule has 3 nitrogen and oxygen atoms in total. The zero-order valence-corrected chi connectivity index (χ0v) is 11.2. The number of benzene rings is 1. The molecule has 1 saturated heterocycles. The molecule has 0 radical (unpaired) electrons. The molecule has 1 unspecified atom stereocenters. The van der Waals surface area contributed by atoms with Gasteiger partial charge in [0, 0.05) is 19.6 Å². The normalized spacial score (nSPS) is 18.6. The Morgan fingerprint density at radius 2 is 2.11 bits per heavy atom. The highest BCUT2D eigenvalue weighted by molar-refractivity contribution is 5.37. The van der Waals surface area contributed by atoms with Gasteiger partial charge >= 0.3 is 0 Å². The first-order chi connectivity index (χ1) is 8.70. The van der Waals surface area contributed by atoms with E-state index in [1.165, 1.54) is 5.56 Å². The van der Waals surface area contributed by atoms with Gasteiger partial charge in [-0.1, -0.05) is 17.7 Å². The van der Waals surface area contributed by atoms with Crippen molar-refractivity contribution in [2.75, 3.05) is 20.3 Å². The lowest BCUT2D eigenvalue weighted by Crippen LogP contribution is -2.29. The van der Waals surface area contributed by atoms with Crippen molar-refractivity contribution >= 4 is 0 Å². The third-order valence-corrected chi connectivity index (χ3v) is 3.68. The molecule has 1 aromatic rings. The summed E-state index contributed by atoms with van der Waals surface area (Å²) < 4.78 is 10.7. The van der Waals surface area contributed by atoms with E-state index in [-0.39, 0.29) is 6.10 Å². The number of hydrogen-bond donors (Lipinski definition) is 1. The fourth-order valence-electron chi connectivity index (χ4n) is 2.56. The van der Waals surface area contributed by atoms with E-state index in [2.05, 4.69) is 13.0 Å². The topological polar surface area (TPSA) is 38.7 Å². The lowest BCUT2D eigenvalue weighted by Gasteiger charge is -2.27. The molecule has 1 aliphatic heterocycles. The minimum absolute atomic E-state index is 0.301. The highest BCUT2D eigenvalue weighted by atomic mass is 16.5. The monoisotopic (exact) mass is 250 g/mol. The van der Waals surface area contributed by atoms with Crippen molar-refractivity contribution in [3.05, 3.63) is 29.3 Å². The number of hydrogen-bond acceptors (Lipinski definition) is 3. The Labute approximate surface area is 109 Å². The van der Waals surface area contributed by atoms with Crippen LogP contribution in [0.2, 0.25) is 0 Å². The van der Waals surface area contributed by atoms with Gasteiger partial charge in [-0.3, -0.25) is 0 Å². The van der Waals surface area contributed by atoms with Crippen molar-refractivity contribution in [2.45, 2.75) is 32.3 Å². The van der Waals surface area contributed by atoms with E-state index >= 15 is 0 Å². The van der Waals surface area contributed by atoms with E-state index in [0.29, 0.717) is 12.3 Å². The molecule has 3 heteroatoms. The van der Waals surface area contributed by atoms with E-state index in [1.54, 1.807) is 7.11 Å². The van der Waals surface area contributed by atoms with Crippen LogP contribution in [0.5, 0.6) is 5.75 Å². The smallest absolute Gasteiger partial charge is 0.122 e. The predicted molar refractivity (Wildman–Crippen MR) is 71.0 cm³/mol. The van der Waals surface area contributed by atoms with Crippen LogP contribution in [-0.4, -0.2) is 31.5 Å². The van der Waals surface area contributed by atoms with E-state index in [0.717, 1.165) is 37.4 Å². The average molecular weight is 250 g/mol. The third-order valence-electron chi connectivity index (χ3n) is 3.68. The van der Waals surface area contributed by atoms with Crippen molar-refractivity contribution in [3.8, 4) is 5.75 Å². The van der Waals surface area contributed by atoms with Gasteiger partial charge in [-0.2, -0.15) is 0 Å². The maximum absolute atomic E-state index is 10.3. The van der Waals surface area contributed by atoms with Gasteiger partial charge in [0.15, 0.2) is 0 Å². The molecule has 0 bridgehead atoms. The Morgan fingerprint density at radius 3 is 2.78 bits per heavy atom. The molecule has 1 heterocycles. The first-order valence-electron chi connectivity index (χ1n) is 6.60. The molecule has 0 saturated carbocycles. The SMILES string of the molecule is COc1ccc(C)cc1CC(O)C1CCOCC1. The van der Waals surface area contributed by atoms with Crippen LogP contribution in [-0.2, 0) is 11.2 Å². The summed E-state index contributed by atoms with van der Waals surface area (Å²) in [6.45, 7) is 3.60. The Hall–Kier alpha value is -1.06. The Bertz CT molecular complexity index is 383. The predicted octanol–water partition coefficient (Wildman–Crippen LogP) is 2.33. The minimum Gasteiger partial charge on any atom is -0.496 e. The summed E-state index contributed by atoms with van der Waals surface area (Å²) in [6, 6.07) is 6.10. The summed E-state index contributed by atoms with van der Waals surface area (Å²) in [5.41, 5.74) is 2.29. The number of ether oxygens (including phenoxy) is 2. The van der Waals surface area contributed by atoms with Crippen LogP contribution in [0.1, 0.15) is 24.0 Å². The molecular formula is C15H22O3. The molecule has 2 rings (SSSR count). The number of aryl methyl sites for hydroxylation is 1. The first-order valence-corrected chi connectivity index (χ1v) is 6.60. The Kier molecular flexibility index (Phi) is 4.61. The zero-order chi connectivity index (χ0) is 13.0. The number of aliphatic hydroxyl groups is 1. The van der Waals surface area contributed by atoms with Crippen LogP contribution in [0, 0.1) is 12.8 Å². The molecule has 1 aromatic carbocycles. The summed E-state index contributed by atoms with van der Waals surface area (Å²) in [7, 11) is 1.68. The summed E-state index contributed by atoms with van der Waals surface area (Å²) >= 11 is 0. The van der Waals surface area contributed by atoms with Crippen LogP contribution in [0.4, 0.5) is 0 Å². The van der Waals surface area contributed by atoms with Crippen LogP contribution in [0.25, 0.3) is 0 Å². The molecule has 1 N–H and O–H groups in total. The van der Waals surface area contributed by atoms with Gasteiger partial charge in [0.1, 0.15) is 5.75 Å². The average Bonchev–Trinajstić information content (AvgIpc) is 2.40. The number of aliphatic hydroxyl groups excluding tert-OH is 1. The second-order valence-corrected chi connectivity index (χ2v) is 5.04. The van der Waals surface area contributed by atoms with Gasteiger partial charge in [-0.05, 0) is 37.3 Å². The summed E-state index contributed by atoms with van der Waals surface area (Å²) in [5, 5.41) is 10.3. The van der Waals surface area contributed by atoms with Gasteiger partial charge < -0.3 is 14.6 Å². The standard InChI is InChI=1S/C15H22O3/c1-11-3-4-15(17-2)13(9-11)10-14(16)12-5-7-18-8-6-12/h3-4,9,12,14,16H,5-8,10H2,1-2H3. The van der Waals surface area contributed by atoms with Gasteiger partial charge in [-0.15, -0.1) is 0 Å². The molecule has 100 valence electrons. The van der Waals surface area contributed by atoms with E-state index in [9.17, 15) is 5.11 Å². The molecule has 0 amide bonds. The van der Waals surface area contributed by atoms with Gasteiger partial charge in [-0.25, -0.2) is 0 Å². The van der Waals surface area contributed by atoms with Crippen LogP contribution < -0.4 is 4.74 Å².